The molecule has 0 radical (unpaired) electrons. The third-order valence-corrected chi connectivity index (χ3v) is 3.88. The van der Waals surface area contributed by atoms with Crippen LogP contribution >= 0.6 is 0 Å². The van der Waals surface area contributed by atoms with Gasteiger partial charge in [-0.15, -0.1) is 0 Å². The number of carbonyl (C=O) groups is 2. The number of likely N-dealkylation sites (tertiary alicyclic amines) is 1. The Morgan fingerprint density at radius 3 is 2.50 bits per heavy atom. The van der Waals surface area contributed by atoms with E-state index in [-0.39, 0.29) is 30.4 Å². The average molecular weight is 304 g/mol. The summed E-state index contributed by atoms with van der Waals surface area (Å²) in [7, 11) is 0. The van der Waals surface area contributed by atoms with E-state index in [0.717, 1.165) is 19.4 Å². The summed E-state index contributed by atoms with van der Waals surface area (Å²) >= 11 is 0. The summed E-state index contributed by atoms with van der Waals surface area (Å²) < 4.78 is 0. The zero-order valence-electron chi connectivity index (χ0n) is 13.2. The summed E-state index contributed by atoms with van der Waals surface area (Å²) in [6.45, 7) is 5.27. The van der Waals surface area contributed by atoms with Gasteiger partial charge in [-0.1, -0.05) is 0 Å². The van der Waals surface area contributed by atoms with Crippen LogP contribution in [-0.4, -0.2) is 47.6 Å². The van der Waals surface area contributed by atoms with Crippen LogP contribution in [0.2, 0.25) is 0 Å². The molecule has 2 N–H and O–H groups in total. The molecule has 2 amide bonds. The van der Waals surface area contributed by atoms with Gasteiger partial charge in [0.1, 0.15) is 0 Å². The molecule has 1 heterocycles. The second kappa shape index (κ2) is 7.40. The molecule has 22 heavy (non-hydrogen) atoms. The lowest BCUT2D eigenvalue weighted by Gasteiger charge is -2.31. The van der Waals surface area contributed by atoms with Gasteiger partial charge in [0, 0.05) is 36.9 Å². The number of nitrogens with one attached hydrogen (secondary N) is 1. The Hall–Kier alpha value is -1.88. The van der Waals surface area contributed by atoms with Crippen molar-refractivity contribution >= 4 is 11.8 Å². The molecule has 5 heteroatoms. The maximum Gasteiger partial charge on any atom is 0.253 e. The van der Waals surface area contributed by atoms with E-state index in [4.69, 9.17) is 0 Å². The Balaban J connectivity index is 2.03. The Morgan fingerprint density at radius 2 is 1.91 bits per heavy atom. The van der Waals surface area contributed by atoms with Crippen molar-refractivity contribution in [1.29, 1.82) is 0 Å². The van der Waals surface area contributed by atoms with Crippen LogP contribution < -0.4 is 5.32 Å². The molecule has 1 atom stereocenters. The van der Waals surface area contributed by atoms with Crippen LogP contribution in [0.5, 0.6) is 0 Å². The quantitative estimate of drug-likeness (QED) is 0.889. The molecule has 1 aromatic rings. The highest BCUT2D eigenvalue weighted by Crippen LogP contribution is 2.18. The van der Waals surface area contributed by atoms with Gasteiger partial charge in [0.05, 0.1) is 0 Å². The van der Waals surface area contributed by atoms with E-state index in [2.05, 4.69) is 5.32 Å². The standard InChI is InChI=1S/C17H24N2O3/c1-12(2)18-16(21)14-5-7-15(8-6-14)17(22)19-9-3-4-13(10-19)11-20/h5-8,12-13,20H,3-4,9-11H2,1-2H3,(H,18,21). The molecule has 0 bridgehead atoms. The first-order valence-corrected chi connectivity index (χ1v) is 7.82. The van der Waals surface area contributed by atoms with Crippen molar-refractivity contribution in [3.8, 4) is 0 Å². The van der Waals surface area contributed by atoms with Crippen LogP contribution in [0.4, 0.5) is 0 Å². The fourth-order valence-corrected chi connectivity index (χ4v) is 2.69. The number of benzene rings is 1. The van der Waals surface area contributed by atoms with E-state index in [0.29, 0.717) is 17.7 Å². The van der Waals surface area contributed by atoms with Crippen LogP contribution in [0.3, 0.4) is 0 Å². The minimum absolute atomic E-state index is 0.0334. The van der Waals surface area contributed by atoms with E-state index in [9.17, 15) is 14.7 Å². The number of carbonyl (C=O) groups excluding carboxylic acids is 2. The Labute approximate surface area is 131 Å². The molecule has 120 valence electrons. The molecule has 2 rings (SSSR count). The highest BCUT2D eigenvalue weighted by Gasteiger charge is 2.24. The molecule has 1 aliphatic rings. The maximum absolute atomic E-state index is 12.5. The van der Waals surface area contributed by atoms with Crippen molar-refractivity contribution in [2.75, 3.05) is 19.7 Å². The van der Waals surface area contributed by atoms with Crippen molar-refractivity contribution in [2.45, 2.75) is 32.7 Å². The lowest BCUT2D eigenvalue weighted by atomic mass is 9.98. The maximum atomic E-state index is 12.5. The van der Waals surface area contributed by atoms with Gasteiger partial charge >= 0.3 is 0 Å². The Kier molecular flexibility index (Phi) is 5.55. The number of hydrogen-bond acceptors (Lipinski definition) is 3. The lowest BCUT2D eigenvalue weighted by molar-refractivity contribution is 0.0620. The Morgan fingerprint density at radius 1 is 1.27 bits per heavy atom. The van der Waals surface area contributed by atoms with Gasteiger partial charge in [-0.05, 0) is 56.9 Å². The third-order valence-electron chi connectivity index (χ3n) is 3.88. The average Bonchev–Trinajstić information content (AvgIpc) is 2.53. The molecule has 1 aliphatic heterocycles. The number of piperidine rings is 1. The first kappa shape index (κ1) is 16.5. The van der Waals surface area contributed by atoms with Gasteiger partial charge in [0.2, 0.25) is 0 Å². The predicted molar refractivity (Wildman–Crippen MR) is 84.8 cm³/mol. The molecule has 0 spiro atoms. The van der Waals surface area contributed by atoms with Crippen molar-refractivity contribution in [1.82, 2.24) is 10.2 Å². The van der Waals surface area contributed by atoms with Crippen molar-refractivity contribution in [2.24, 2.45) is 5.92 Å². The zero-order valence-corrected chi connectivity index (χ0v) is 13.2. The van der Waals surface area contributed by atoms with Gasteiger partial charge in [-0.2, -0.15) is 0 Å². The van der Waals surface area contributed by atoms with Crippen LogP contribution in [0.1, 0.15) is 47.4 Å². The predicted octanol–water partition coefficient (Wildman–Crippen LogP) is 1.67. The number of amides is 2. The molecule has 1 aromatic carbocycles. The number of aliphatic hydroxyl groups excluding tert-OH is 1. The summed E-state index contributed by atoms with van der Waals surface area (Å²) in [6, 6.07) is 6.83. The van der Waals surface area contributed by atoms with Crippen LogP contribution in [0.15, 0.2) is 24.3 Å². The third kappa shape index (κ3) is 4.07. The van der Waals surface area contributed by atoms with E-state index in [1.807, 2.05) is 13.8 Å². The summed E-state index contributed by atoms with van der Waals surface area (Å²) in [5.41, 5.74) is 1.14. The minimum atomic E-state index is -0.132. The number of hydrogen-bond donors (Lipinski definition) is 2. The molecule has 1 unspecified atom stereocenters. The summed E-state index contributed by atoms with van der Waals surface area (Å²) in [5, 5.41) is 12.1. The van der Waals surface area contributed by atoms with Gasteiger partial charge in [0.15, 0.2) is 0 Å². The number of rotatable bonds is 4. The number of nitrogens with zero attached hydrogens (tertiary/aromatic N) is 1. The molecule has 0 saturated carbocycles. The van der Waals surface area contributed by atoms with E-state index in [1.54, 1.807) is 29.2 Å². The fourth-order valence-electron chi connectivity index (χ4n) is 2.69. The second-order valence-electron chi connectivity index (χ2n) is 6.15. The SMILES string of the molecule is CC(C)NC(=O)c1ccc(C(=O)N2CCCC(CO)C2)cc1. The van der Waals surface area contributed by atoms with Crippen LogP contribution in [0.25, 0.3) is 0 Å². The van der Waals surface area contributed by atoms with Gasteiger partial charge in [-0.3, -0.25) is 9.59 Å². The van der Waals surface area contributed by atoms with Crippen LogP contribution in [-0.2, 0) is 0 Å². The molecule has 5 nitrogen and oxygen atoms in total. The molecular weight excluding hydrogens is 280 g/mol. The summed E-state index contributed by atoms with van der Waals surface area (Å²) in [4.78, 5) is 26.1. The lowest BCUT2D eigenvalue weighted by Crippen LogP contribution is -2.40. The number of aliphatic hydroxyl groups is 1. The molecular formula is C17H24N2O3. The molecule has 0 aliphatic carbocycles. The summed E-state index contributed by atoms with van der Waals surface area (Å²) in [6.07, 6.45) is 1.89. The monoisotopic (exact) mass is 304 g/mol. The zero-order chi connectivity index (χ0) is 16.1. The van der Waals surface area contributed by atoms with Crippen LogP contribution in [0, 0.1) is 5.92 Å². The van der Waals surface area contributed by atoms with E-state index < -0.39 is 0 Å². The van der Waals surface area contributed by atoms with Gasteiger partial charge in [0.25, 0.3) is 11.8 Å². The van der Waals surface area contributed by atoms with E-state index in [1.165, 1.54) is 0 Å². The van der Waals surface area contributed by atoms with Crippen molar-refractivity contribution in [3.05, 3.63) is 35.4 Å². The van der Waals surface area contributed by atoms with Gasteiger partial charge in [-0.25, -0.2) is 0 Å². The summed E-state index contributed by atoms with van der Waals surface area (Å²) in [5.74, 6) is 0.00933. The first-order chi connectivity index (χ1) is 10.5. The van der Waals surface area contributed by atoms with Gasteiger partial charge < -0.3 is 15.3 Å². The topological polar surface area (TPSA) is 69.6 Å². The Bertz CT molecular complexity index is 525. The largest absolute Gasteiger partial charge is 0.396 e. The smallest absolute Gasteiger partial charge is 0.253 e. The molecule has 1 saturated heterocycles. The fraction of sp³-hybridized carbons (Fsp3) is 0.529. The molecule has 0 aromatic heterocycles. The van der Waals surface area contributed by atoms with E-state index >= 15 is 0 Å². The van der Waals surface area contributed by atoms with Crippen molar-refractivity contribution in [3.63, 3.8) is 0 Å². The highest BCUT2D eigenvalue weighted by molar-refractivity contribution is 5.97. The minimum Gasteiger partial charge on any atom is -0.396 e. The normalized spacial score (nSPS) is 18.4. The highest BCUT2D eigenvalue weighted by atomic mass is 16.3. The second-order valence-corrected chi connectivity index (χ2v) is 6.15. The van der Waals surface area contributed by atoms with Crippen molar-refractivity contribution < 1.29 is 14.7 Å². The molecule has 1 fully saturated rings. The first-order valence-electron chi connectivity index (χ1n) is 7.82.